The Balaban J connectivity index is 2.61. The van der Waals surface area contributed by atoms with E-state index in [1.165, 1.54) is 0 Å². The molecule has 5 nitrogen and oxygen atoms in total. The van der Waals surface area contributed by atoms with Crippen molar-refractivity contribution in [1.29, 1.82) is 5.41 Å². The molecular formula is C11H15N3O2. The number of nitrogens with two attached hydrogens (primary N) is 1. The Labute approximate surface area is 94.1 Å². The molecule has 0 aromatic heterocycles. The van der Waals surface area contributed by atoms with Crippen LogP contribution < -0.4 is 15.8 Å². The number of aryl methyl sites for hydroxylation is 2. The molecule has 0 aliphatic heterocycles. The molecule has 5 heteroatoms. The van der Waals surface area contributed by atoms with Crippen LogP contribution in [0.4, 0.5) is 0 Å². The predicted molar refractivity (Wildman–Crippen MR) is 61.5 cm³/mol. The van der Waals surface area contributed by atoms with Gasteiger partial charge in [-0.25, -0.2) is 0 Å². The monoisotopic (exact) mass is 221 g/mol. The van der Waals surface area contributed by atoms with Crippen molar-refractivity contribution in [3.63, 3.8) is 0 Å². The van der Waals surface area contributed by atoms with Gasteiger partial charge >= 0.3 is 0 Å². The van der Waals surface area contributed by atoms with E-state index >= 15 is 0 Å². The molecule has 0 aliphatic rings. The van der Waals surface area contributed by atoms with Crippen molar-refractivity contribution < 1.29 is 9.53 Å². The molecule has 0 bridgehead atoms. The summed E-state index contributed by atoms with van der Waals surface area (Å²) in [5.41, 5.74) is 6.95. The smallest absolute Gasteiger partial charge is 0.264 e. The van der Waals surface area contributed by atoms with E-state index in [9.17, 15) is 4.79 Å². The second kappa shape index (κ2) is 5.16. The molecule has 0 saturated carbocycles. The maximum atomic E-state index is 11.2. The summed E-state index contributed by atoms with van der Waals surface area (Å²) < 4.78 is 5.37. The van der Waals surface area contributed by atoms with Gasteiger partial charge in [-0.1, -0.05) is 18.2 Å². The van der Waals surface area contributed by atoms with Crippen molar-refractivity contribution in [3.8, 4) is 5.75 Å². The number of guanidine groups is 1. The molecule has 0 heterocycles. The summed E-state index contributed by atoms with van der Waals surface area (Å²) in [4.78, 5) is 11.2. The summed E-state index contributed by atoms with van der Waals surface area (Å²) in [6.45, 7) is 3.67. The van der Waals surface area contributed by atoms with Crippen molar-refractivity contribution >= 4 is 11.9 Å². The number of carbonyl (C=O) groups excluding carboxylic acids is 1. The third-order valence-corrected chi connectivity index (χ3v) is 2.03. The van der Waals surface area contributed by atoms with E-state index in [0.717, 1.165) is 11.1 Å². The fraction of sp³-hybridized carbons (Fsp3) is 0.273. The van der Waals surface area contributed by atoms with Gasteiger partial charge in [0.1, 0.15) is 5.75 Å². The van der Waals surface area contributed by atoms with Crippen LogP contribution in [0.5, 0.6) is 5.75 Å². The van der Waals surface area contributed by atoms with Gasteiger partial charge in [-0.2, -0.15) is 0 Å². The molecule has 16 heavy (non-hydrogen) atoms. The Hall–Kier alpha value is -2.04. The van der Waals surface area contributed by atoms with Crippen molar-refractivity contribution in [1.82, 2.24) is 5.32 Å². The number of nitrogens with one attached hydrogen (secondary N) is 2. The third-order valence-electron chi connectivity index (χ3n) is 2.03. The zero-order valence-electron chi connectivity index (χ0n) is 9.33. The predicted octanol–water partition coefficient (Wildman–Crippen LogP) is 0.692. The first kappa shape index (κ1) is 12.0. The molecule has 1 rings (SSSR count). The Morgan fingerprint density at radius 3 is 2.50 bits per heavy atom. The first-order chi connectivity index (χ1) is 7.50. The number of ether oxygens (including phenoxy) is 1. The van der Waals surface area contributed by atoms with E-state index in [-0.39, 0.29) is 12.6 Å². The zero-order valence-corrected chi connectivity index (χ0v) is 9.33. The van der Waals surface area contributed by atoms with Crippen molar-refractivity contribution in [3.05, 3.63) is 29.3 Å². The second-order valence-corrected chi connectivity index (χ2v) is 3.47. The van der Waals surface area contributed by atoms with Gasteiger partial charge in [0.2, 0.25) is 0 Å². The normalized spacial score (nSPS) is 9.62. The minimum atomic E-state index is -0.435. The van der Waals surface area contributed by atoms with E-state index in [1.807, 2.05) is 32.0 Å². The van der Waals surface area contributed by atoms with Crippen LogP contribution in [-0.4, -0.2) is 18.5 Å². The fourth-order valence-electron chi connectivity index (χ4n) is 1.35. The van der Waals surface area contributed by atoms with Gasteiger partial charge in [-0.15, -0.1) is 0 Å². The number of rotatable bonds is 3. The summed E-state index contributed by atoms with van der Waals surface area (Å²) in [7, 11) is 0. The van der Waals surface area contributed by atoms with Crippen molar-refractivity contribution in [2.24, 2.45) is 5.73 Å². The number of hydrogen-bond acceptors (Lipinski definition) is 3. The van der Waals surface area contributed by atoms with E-state index < -0.39 is 5.91 Å². The van der Waals surface area contributed by atoms with E-state index in [1.54, 1.807) is 0 Å². The number of carbonyl (C=O) groups is 1. The molecule has 86 valence electrons. The summed E-state index contributed by atoms with van der Waals surface area (Å²) in [5.74, 6) is -0.119. The molecule has 0 saturated heterocycles. The molecule has 4 N–H and O–H groups in total. The number of para-hydroxylation sites is 1. The Morgan fingerprint density at radius 1 is 1.44 bits per heavy atom. The maximum absolute atomic E-state index is 11.2. The van der Waals surface area contributed by atoms with Crippen LogP contribution in [0.1, 0.15) is 11.1 Å². The maximum Gasteiger partial charge on any atom is 0.264 e. The van der Waals surface area contributed by atoms with E-state index in [4.69, 9.17) is 15.9 Å². The standard InChI is InChI=1S/C11H15N3O2/c1-7-4-3-5-8(2)10(7)16-6-9(15)14-11(12)13/h3-5H,6H2,1-2H3,(H4,12,13,14,15). The van der Waals surface area contributed by atoms with Crippen molar-refractivity contribution in [2.75, 3.05) is 6.61 Å². The average molecular weight is 221 g/mol. The van der Waals surface area contributed by atoms with Gasteiger partial charge in [0.05, 0.1) is 0 Å². The van der Waals surface area contributed by atoms with Gasteiger partial charge < -0.3 is 10.5 Å². The number of benzene rings is 1. The summed E-state index contributed by atoms with van der Waals surface area (Å²) >= 11 is 0. The lowest BCUT2D eigenvalue weighted by Gasteiger charge is -2.11. The molecule has 0 unspecified atom stereocenters. The molecule has 1 amide bonds. The second-order valence-electron chi connectivity index (χ2n) is 3.47. The van der Waals surface area contributed by atoms with Gasteiger partial charge in [0.25, 0.3) is 5.91 Å². The first-order valence-corrected chi connectivity index (χ1v) is 4.83. The van der Waals surface area contributed by atoms with Gasteiger partial charge in [-0.05, 0) is 25.0 Å². The largest absolute Gasteiger partial charge is 0.483 e. The molecule has 1 aromatic rings. The van der Waals surface area contributed by atoms with Crippen LogP contribution in [0.3, 0.4) is 0 Å². The summed E-state index contributed by atoms with van der Waals surface area (Å²) in [5, 5.41) is 9.03. The minimum absolute atomic E-state index is 0.148. The highest BCUT2D eigenvalue weighted by Crippen LogP contribution is 2.21. The van der Waals surface area contributed by atoms with Crippen molar-refractivity contribution in [2.45, 2.75) is 13.8 Å². The number of hydrogen-bond donors (Lipinski definition) is 3. The lowest BCUT2D eigenvalue weighted by atomic mass is 10.1. The number of amides is 1. The fourth-order valence-corrected chi connectivity index (χ4v) is 1.35. The van der Waals surface area contributed by atoms with Crippen LogP contribution in [0.15, 0.2) is 18.2 Å². The van der Waals surface area contributed by atoms with Gasteiger partial charge in [0, 0.05) is 0 Å². The minimum Gasteiger partial charge on any atom is -0.483 e. The third kappa shape index (κ3) is 3.27. The molecule has 0 aliphatic carbocycles. The van der Waals surface area contributed by atoms with E-state index in [0.29, 0.717) is 5.75 Å². The lowest BCUT2D eigenvalue weighted by Crippen LogP contribution is -2.38. The molecule has 0 radical (unpaired) electrons. The summed E-state index contributed by atoms with van der Waals surface area (Å²) in [6.07, 6.45) is 0. The van der Waals surface area contributed by atoms with E-state index in [2.05, 4.69) is 5.32 Å². The Morgan fingerprint density at radius 2 is 2.00 bits per heavy atom. The molecular weight excluding hydrogens is 206 g/mol. The SMILES string of the molecule is Cc1cccc(C)c1OCC(=O)NC(=N)N. The van der Waals surface area contributed by atoms with Crippen LogP contribution in [-0.2, 0) is 4.79 Å². The topological polar surface area (TPSA) is 88.2 Å². The summed E-state index contributed by atoms with van der Waals surface area (Å²) in [6, 6.07) is 5.74. The molecule has 0 atom stereocenters. The van der Waals surface area contributed by atoms with Gasteiger partial charge in [-0.3, -0.25) is 15.5 Å². The highest BCUT2D eigenvalue weighted by atomic mass is 16.5. The van der Waals surface area contributed by atoms with Crippen LogP contribution in [0.25, 0.3) is 0 Å². The Kier molecular flexibility index (Phi) is 3.88. The van der Waals surface area contributed by atoms with Crippen LogP contribution in [0, 0.1) is 19.3 Å². The van der Waals surface area contributed by atoms with Gasteiger partial charge in [0.15, 0.2) is 12.6 Å². The van der Waals surface area contributed by atoms with Crippen LogP contribution in [0.2, 0.25) is 0 Å². The molecule has 0 fully saturated rings. The molecule has 1 aromatic carbocycles. The molecule has 0 spiro atoms. The highest BCUT2D eigenvalue weighted by molar-refractivity contribution is 5.95. The lowest BCUT2D eigenvalue weighted by molar-refractivity contribution is -0.121. The Bertz CT molecular complexity index is 395. The average Bonchev–Trinajstić information content (AvgIpc) is 2.15. The quantitative estimate of drug-likeness (QED) is 0.518. The zero-order chi connectivity index (χ0) is 12.1. The highest BCUT2D eigenvalue weighted by Gasteiger charge is 2.07. The van der Waals surface area contributed by atoms with Crippen LogP contribution >= 0.6 is 0 Å². The first-order valence-electron chi connectivity index (χ1n) is 4.83.